The third-order valence-electron chi connectivity index (χ3n) is 12.7. The minimum absolute atomic E-state index is 0.117. The lowest BCUT2D eigenvalue weighted by atomic mass is 9.86. The minimum Gasteiger partial charge on any atom is -0.503 e. The lowest BCUT2D eigenvalue weighted by Crippen LogP contribution is -2.70. The van der Waals surface area contributed by atoms with Gasteiger partial charge in [-0.3, -0.25) is 38.4 Å². The Labute approximate surface area is 336 Å². The van der Waals surface area contributed by atoms with E-state index in [1.165, 1.54) is 4.57 Å². The number of hydrogen-bond donors (Lipinski definition) is 3. The number of aromatic hydroxyl groups is 1. The first-order valence-corrected chi connectivity index (χ1v) is 20.1. The molecule has 310 valence electrons. The molecule has 4 fully saturated rings. The van der Waals surface area contributed by atoms with Crippen LogP contribution in [0.1, 0.15) is 66.5 Å². The molecule has 1 saturated carbocycles. The van der Waals surface area contributed by atoms with Crippen LogP contribution in [-0.4, -0.2) is 98.1 Å². The Morgan fingerprint density at radius 2 is 1.78 bits per heavy atom. The van der Waals surface area contributed by atoms with Gasteiger partial charge in [-0.25, -0.2) is 13.6 Å². The van der Waals surface area contributed by atoms with Gasteiger partial charge in [-0.2, -0.15) is 9.49 Å². The quantitative estimate of drug-likeness (QED) is 0.148. The van der Waals surface area contributed by atoms with Crippen molar-refractivity contribution in [3.05, 3.63) is 87.7 Å². The van der Waals surface area contributed by atoms with Crippen molar-refractivity contribution in [2.75, 3.05) is 50.8 Å². The molecule has 59 heavy (non-hydrogen) atoms. The summed E-state index contributed by atoms with van der Waals surface area (Å²) in [5.74, 6) is -7.79. The molecule has 0 radical (unpaired) electrons. The van der Waals surface area contributed by atoms with Gasteiger partial charge in [0.05, 0.1) is 47.9 Å². The number of nitrogens with zero attached hydrogens (tertiary/aromatic N) is 6. The molecular weight excluding hydrogens is 770 g/mol. The van der Waals surface area contributed by atoms with E-state index < -0.39 is 46.6 Å². The summed E-state index contributed by atoms with van der Waals surface area (Å²) in [6.45, 7) is 4.89. The van der Waals surface area contributed by atoms with Crippen molar-refractivity contribution in [2.24, 2.45) is 13.0 Å². The first kappa shape index (κ1) is 38.8. The summed E-state index contributed by atoms with van der Waals surface area (Å²) in [7, 11) is 1.71. The molecular formula is C42H45F3N8O6. The van der Waals surface area contributed by atoms with Crippen molar-refractivity contribution in [2.45, 2.75) is 62.6 Å². The van der Waals surface area contributed by atoms with Gasteiger partial charge < -0.3 is 20.1 Å². The van der Waals surface area contributed by atoms with E-state index in [9.17, 15) is 37.5 Å². The van der Waals surface area contributed by atoms with Crippen molar-refractivity contribution in [3.63, 3.8) is 0 Å². The Morgan fingerprint density at radius 3 is 2.56 bits per heavy atom. The number of imide groups is 1. The predicted octanol–water partition coefficient (Wildman–Crippen LogP) is 4.09. The fourth-order valence-corrected chi connectivity index (χ4v) is 9.32. The minimum atomic E-state index is -1.78. The maximum Gasteiger partial charge on any atom is 0.329 e. The fourth-order valence-electron chi connectivity index (χ4n) is 9.32. The maximum absolute atomic E-state index is 14.2. The van der Waals surface area contributed by atoms with Gasteiger partial charge in [0, 0.05) is 56.9 Å². The van der Waals surface area contributed by atoms with Crippen LogP contribution in [0.15, 0.2) is 53.5 Å². The first-order valence-electron chi connectivity index (χ1n) is 20.1. The predicted molar refractivity (Wildman–Crippen MR) is 211 cm³/mol. The molecule has 2 aromatic heterocycles. The molecule has 3 saturated heterocycles. The highest BCUT2D eigenvalue weighted by molar-refractivity contribution is 6.00. The van der Waals surface area contributed by atoms with E-state index in [2.05, 4.69) is 44.8 Å². The van der Waals surface area contributed by atoms with Gasteiger partial charge in [0.1, 0.15) is 11.6 Å². The normalized spacial score (nSPS) is 22.2. The number of halogens is 3. The topological polar surface area (TPSA) is 156 Å². The molecule has 3 amide bonds. The second-order valence-corrected chi connectivity index (χ2v) is 16.5. The molecule has 17 heteroatoms. The van der Waals surface area contributed by atoms with Gasteiger partial charge in [0.15, 0.2) is 17.4 Å². The van der Waals surface area contributed by atoms with Crippen LogP contribution in [0.3, 0.4) is 0 Å². The number of nitrogens with one attached hydrogen (secondary N) is 2. The van der Waals surface area contributed by atoms with Gasteiger partial charge in [0.2, 0.25) is 17.6 Å². The zero-order valence-electron chi connectivity index (χ0n) is 32.6. The lowest BCUT2D eigenvalue weighted by Gasteiger charge is -2.54. The Morgan fingerprint density at radius 1 is 0.983 bits per heavy atom. The van der Waals surface area contributed by atoms with Crippen LogP contribution in [-0.2, 0) is 27.8 Å². The highest BCUT2D eigenvalue weighted by atomic mass is 19.2. The summed E-state index contributed by atoms with van der Waals surface area (Å²) in [5.41, 5.74) is 3.20. The summed E-state index contributed by atoms with van der Waals surface area (Å²) in [6, 6.07) is 12.2. The van der Waals surface area contributed by atoms with E-state index in [0.29, 0.717) is 24.6 Å². The summed E-state index contributed by atoms with van der Waals surface area (Å²) in [4.78, 5) is 54.7. The summed E-state index contributed by atoms with van der Waals surface area (Å²) >= 11 is 0. The number of phenolic OH excluding ortho intramolecular Hbond substituents is 1. The standard InChI is InChI=1S/C42H45F3N8O6/c1-49-34-16-24(4-9-32(34)53(41(49)58)33-10-11-35(54)47-40(33)57)12-13-50-14-15-59-42(21-50)22-51(23-42)28-8-5-26-20-52(48-31(26)17-28)27-6-2-25(3-7-27)19-46-39(56)29-18-30(43)38(55)37(45)36(29)44/h4-5,8-9,16-18,20,25,27,33,55H,2-3,6-7,10-15,19,21-23H2,1H3,(H,46,56)(H,47,54,57)/t25-,27-,33?. The number of piperidine rings is 1. The third kappa shape index (κ3) is 7.23. The van der Waals surface area contributed by atoms with E-state index >= 15 is 0 Å². The zero-order valence-corrected chi connectivity index (χ0v) is 32.6. The highest BCUT2D eigenvalue weighted by Crippen LogP contribution is 2.37. The molecule has 3 N–H and O–H groups in total. The van der Waals surface area contributed by atoms with Crippen molar-refractivity contribution in [1.82, 2.24) is 34.4 Å². The number of aryl methyl sites for hydroxylation is 1. The number of imidazole rings is 1. The molecule has 1 aliphatic carbocycles. The fraction of sp³-hybridized carbons (Fsp3) is 0.452. The molecule has 5 heterocycles. The van der Waals surface area contributed by atoms with Crippen LogP contribution in [0.4, 0.5) is 18.9 Å². The SMILES string of the molecule is Cn1c(=O)n(C2CCC(=O)NC2=O)c2ccc(CCN3CCOC4(C3)CN(c3ccc5cn([C@H]6CC[C@H](CNC(=O)c7cc(F)c(O)c(F)c7F)CC6)nc5c3)C4)cc21. The number of carbonyl (C=O) groups is 3. The van der Waals surface area contributed by atoms with E-state index in [4.69, 9.17) is 9.84 Å². The molecule has 3 aromatic carbocycles. The number of hydrogen-bond acceptors (Lipinski definition) is 9. The van der Waals surface area contributed by atoms with Crippen LogP contribution in [0.2, 0.25) is 0 Å². The molecule has 0 bridgehead atoms. The summed E-state index contributed by atoms with van der Waals surface area (Å²) < 4.78 is 53.1. The van der Waals surface area contributed by atoms with Gasteiger partial charge in [0.25, 0.3) is 5.91 Å². The molecule has 3 aliphatic heterocycles. The van der Waals surface area contributed by atoms with Gasteiger partial charge in [-0.05, 0) is 86.4 Å². The molecule has 1 spiro atoms. The Balaban J connectivity index is 0.770. The molecule has 9 rings (SSSR count). The average Bonchev–Trinajstić information content (AvgIpc) is 3.76. The third-order valence-corrected chi connectivity index (χ3v) is 12.7. The Bertz CT molecular complexity index is 2550. The molecule has 1 unspecified atom stereocenters. The number of carbonyl (C=O) groups excluding carboxylic acids is 3. The molecule has 1 atom stereocenters. The summed E-state index contributed by atoms with van der Waals surface area (Å²) in [5, 5.41) is 20.2. The van der Waals surface area contributed by atoms with Crippen molar-refractivity contribution >= 4 is 45.3 Å². The number of morpholine rings is 1. The van der Waals surface area contributed by atoms with E-state index in [-0.39, 0.29) is 42.1 Å². The lowest BCUT2D eigenvalue weighted by molar-refractivity contribution is -0.135. The number of amides is 3. The Hall–Kier alpha value is -5.68. The molecule has 5 aromatic rings. The number of phenols is 1. The smallest absolute Gasteiger partial charge is 0.329 e. The number of aromatic nitrogens is 4. The van der Waals surface area contributed by atoms with Gasteiger partial charge >= 0.3 is 5.69 Å². The summed E-state index contributed by atoms with van der Waals surface area (Å²) in [6.07, 6.45) is 6.58. The number of anilines is 1. The highest BCUT2D eigenvalue weighted by Gasteiger charge is 2.47. The van der Waals surface area contributed by atoms with Crippen molar-refractivity contribution in [3.8, 4) is 5.75 Å². The van der Waals surface area contributed by atoms with Crippen LogP contribution < -0.4 is 21.2 Å². The van der Waals surface area contributed by atoms with Crippen LogP contribution in [0.25, 0.3) is 21.9 Å². The van der Waals surface area contributed by atoms with E-state index in [1.54, 1.807) is 11.6 Å². The van der Waals surface area contributed by atoms with E-state index in [0.717, 1.165) is 92.5 Å². The number of rotatable bonds is 9. The van der Waals surface area contributed by atoms with Gasteiger partial charge in [-0.15, -0.1) is 0 Å². The van der Waals surface area contributed by atoms with Crippen LogP contribution in [0.5, 0.6) is 5.75 Å². The Kier molecular flexibility index (Phi) is 9.98. The second-order valence-electron chi connectivity index (χ2n) is 16.5. The largest absolute Gasteiger partial charge is 0.503 e. The molecule has 4 aliphatic rings. The first-order chi connectivity index (χ1) is 28.4. The number of fused-ring (bicyclic) bond motifs is 2. The maximum atomic E-state index is 14.2. The van der Waals surface area contributed by atoms with Crippen molar-refractivity contribution < 1.29 is 37.4 Å². The van der Waals surface area contributed by atoms with E-state index in [1.807, 2.05) is 22.9 Å². The molecule has 14 nitrogen and oxygen atoms in total. The second kappa shape index (κ2) is 15.2. The van der Waals surface area contributed by atoms with Crippen molar-refractivity contribution in [1.29, 1.82) is 0 Å². The monoisotopic (exact) mass is 814 g/mol. The van der Waals surface area contributed by atoms with Gasteiger partial charge in [-0.1, -0.05) is 6.07 Å². The average molecular weight is 815 g/mol. The van der Waals surface area contributed by atoms with Crippen LogP contribution in [0, 0.1) is 23.4 Å². The number of ether oxygens (including phenoxy) is 1. The van der Waals surface area contributed by atoms with Crippen LogP contribution >= 0.6 is 0 Å². The zero-order chi connectivity index (χ0) is 41.2. The number of benzene rings is 3.